The molecule has 6 saturated heterocycles. The van der Waals surface area contributed by atoms with Crippen molar-refractivity contribution < 1.29 is 71.9 Å². The molecule has 0 spiro atoms. The first-order valence-corrected chi connectivity index (χ1v) is 46.1. The zero-order valence-electron chi connectivity index (χ0n) is 81.2. The molecule has 6 aromatic carbocycles. The van der Waals surface area contributed by atoms with Crippen molar-refractivity contribution in [3.05, 3.63) is 237 Å². The minimum absolute atomic E-state index is 0. The predicted molar refractivity (Wildman–Crippen MR) is 527 cm³/mol. The highest BCUT2D eigenvalue weighted by molar-refractivity contribution is 6.26. The standard InChI is InChI=1S/C18H21N3O3.3C18H23N3O2.C17H19N3O4.C15H17N3O2.CH4/c1-10-5-8-14(17(24)21(10)18(2,3)4)20-15(22)12-7-6-11(19)9-13(12)16(20)23;1-11-5-8-15(17(23)21(11)18(2,3)4)20-10-12-9-13(19)6-7-14(12)16(20)22;1-11-8-9-15(17(23)21(11)18(2,3)4)20-10-13-12(16(20)22)6-5-7-14(13)19;1-11-8-9-14(16(22)21(11)18(2,3)4)20-10-12-6-5-7-13(19)15(12)17(20)23;1-17(2,3)20-12(21)8-7-11(15(20)23)19-14(22)9-5-4-6-10(18)13(9)16(19)24;1-9-3-6-13(15(20)17(9)2)18-8-10-4-5-11(16)7-12(10)14(18)19;/h6-7,9,14H,1,5,8,19H2,2-4H3;6-7,9,15H,1,5,8,10,19H2,2-4H3;5-7,15H,1,8-10,19H2,2-4H3;5-7,14H,1,8-10,19H2,2-4H3;4-6,11H,7-8,18H2,1-3H3;4-5,7,13H,1,3,6,8,16H2,2H3;1H4. The average molecular weight is 1880 g/mol. The number of anilines is 6. The number of allylic oxidation sites excluding steroid dienone is 5. The molecule has 15 amide bonds. The van der Waals surface area contributed by atoms with Crippen molar-refractivity contribution in [2.75, 3.05) is 41.4 Å². The van der Waals surface area contributed by atoms with Gasteiger partial charge in [0.25, 0.3) is 59.1 Å². The van der Waals surface area contributed by atoms with Gasteiger partial charge in [0.1, 0.15) is 36.3 Å². The number of hydrogen-bond acceptors (Lipinski definition) is 21. The molecule has 12 N–H and O–H groups in total. The Morgan fingerprint density at radius 1 is 0.275 bits per heavy atom. The second-order valence-corrected chi connectivity index (χ2v) is 41.5. The number of nitrogen functional groups attached to an aromatic ring is 6. The Morgan fingerprint density at radius 3 is 1.08 bits per heavy atom. The number of piperidine rings is 6. The first-order chi connectivity index (χ1) is 63.9. The van der Waals surface area contributed by atoms with Crippen LogP contribution in [0.5, 0.6) is 0 Å². The van der Waals surface area contributed by atoms with Gasteiger partial charge in [0.05, 0.1) is 27.8 Å². The molecule has 12 heterocycles. The van der Waals surface area contributed by atoms with Crippen molar-refractivity contribution in [1.82, 2.24) is 58.8 Å². The topological polar surface area (TPSA) is 451 Å². The van der Waals surface area contributed by atoms with Gasteiger partial charge in [0.15, 0.2) is 0 Å². The number of likely N-dealkylation sites (tertiary alicyclic amines) is 6. The number of amides is 15. The van der Waals surface area contributed by atoms with Gasteiger partial charge in [-0.3, -0.25) is 86.6 Å². The van der Waals surface area contributed by atoms with Crippen molar-refractivity contribution >= 4 is 123 Å². The molecular weight excluding hydrogens is 1750 g/mol. The summed E-state index contributed by atoms with van der Waals surface area (Å²) < 4.78 is 0. The van der Waals surface area contributed by atoms with Crippen molar-refractivity contribution in [3.63, 3.8) is 0 Å². The van der Waals surface area contributed by atoms with Crippen LogP contribution >= 0.6 is 0 Å². The maximum atomic E-state index is 13.0. The van der Waals surface area contributed by atoms with Crippen LogP contribution in [0.3, 0.4) is 0 Å². The van der Waals surface area contributed by atoms with Crippen LogP contribution in [0.15, 0.2) is 171 Å². The van der Waals surface area contributed by atoms with Crippen LogP contribution in [0.1, 0.15) is 293 Å². The zero-order valence-corrected chi connectivity index (χ0v) is 81.2. The molecule has 138 heavy (non-hydrogen) atoms. The van der Waals surface area contributed by atoms with Crippen LogP contribution in [-0.4, -0.2) is 218 Å². The van der Waals surface area contributed by atoms with E-state index in [2.05, 4.69) is 32.9 Å². The second kappa shape index (κ2) is 38.2. The minimum atomic E-state index is -0.978. The van der Waals surface area contributed by atoms with E-state index in [1.165, 1.54) is 12.1 Å². The van der Waals surface area contributed by atoms with Gasteiger partial charge in [-0.15, -0.1) is 0 Å². The quantitative estimate of drug-likeness (QED) is 0.0666. The van der Waals surface area contributed by atoms with Crippen molar-refractivity contribution in [3.8, 4) is 0 Å². The summed E-state index contributed by atoms with van der Waals surface area (Å²) in [6, 6.07) is 27.2. The summed E-state index contributed by atoms with van der Waals surface area (Å²) in [5.74, 6) is -3.71. The molecule has 6 fully saturated rings. The molecule has 12 aliphatic rings. The third-order valence-electron chi connectivity index (χ3n) is 26.7. The van der Waals surface area contributed by atoms with E-state index in [1.54, 1.807) is 145 Å². The van der Waals surface area contributed by atoms with Gasteiger partial charge in [0, 0.05) is 152 Å². The zero-order chi connectivity index (χ0) is 101. The van der Waals surface area contributed by atoms with Crippen molar-refractivity contribution in [2.24, 2.45) is 0 Å². The molecule has 6 aromatic rings. The fourth-order valence-corrected chi connectivity index (χ4v) is 20.3. The molecule has 6 atom stereocenters. The maximum absolute atomic E-state index is 13.0. The number of benzene rings is 6. The summed E-state index contributed by atoms with van der Waals surface area (Å²) >= 11 is 0. The lowest BCUT2D eigenvalue weighted by Crippen LogP contribution is -2.61. The van der Waals surface area contributed by atoms with Crippen LogP contribution in [0.4, 0.5) is 34.1 Å². The lowest BCUT2D eigenvalue weighted by Gasteiger charge is -2.44. The van der Waals surface area contributed by atoms with E-state index < -0.39 is 76.9 Å². The van der Waals surface area contributed by atoms with Gasteiger partial charge in [-0.1, -0.05) is 70.7 Å². The minimum Gasteiger partial charge on any atom is -0.399 e. The Bertz CT molecular complexity index is 6130. The van der Waals surface area contributed by atoms with Crippen LogP contribution in [0.25, 0.3) is 0 Å². The van der Waals surface area contributed by atoms with Gasteiger partial charge < -0.3 is 78.5 Å². The van der Waals surface area contributed by atoms with E-state index in [4.69, 9.17) is 34.4 Å². The van der Waals surface area contributed by atoms with Gasteiger partial charge in [-0.25, -0.2) is 0 Å². The largest absolute Gasteiger partial charge is 0.399 e. The molecule has 18 rings (SSSR count). The Kier molecular flexibility index (Phi) is 28.4. The number of carbonyl (C=O) groups excluding carboxylic acids is 15. The van der Waals surface area contributed by atoms with E-state index in [0.29, 0.717) is 139 Å². The summed E-state index contributed by atoms with van der Waals surface area (Å²) in [5.41, 5.74) is 46.6. The molecule has 0 aliphatic carbocycles. The molecule has 0 aromatic heterocycles. The van der Waals surface area contributed by atoms with Gasteiger partial charge in [-0.2, -0.15) is 0 Å². The van der Waals surface area contributed by atoms with Crippen LogP contribution in [0.2, 0.25) is 0 Å². The highest BCUT2D eigenvalue weighted by atomic mass is 16.2. The molecule has 33 nitrogen and oxygen atoms in total. The number of likely N-dealkylation sites (N-methyl/N-ethyl adjacent to an activating group) is 1. The summed E-state index contributed by atoms with van der Waals surface area (Å²) in [6.45, 7) is 50.5. The lowest BCUT2D eigenvalue weighted by atomic mass is 9.94. The molecule has 12 aliphatic heterocycles. The highest BCUT2D eigenvalue weighted by Gasteiger charge is 2.54. The van der Waals surface area contributed by atoms with Crippen molar-refractivity contribution in [2.45, 2.75) is 278 Å². The third-order valence-corrected chi connectivity index (χ3v) is 26.7. The Hall–Kier alpha value is -14.5. The fraction of sp³-hybridized carbons (Fsp3) is 0.419. The third kappa shape index (κ3) is 19.3. The smallest absolute Gasteiger partial charge is 0.264 e. The van der Waals surface area contributed by atoms with E-state index in [-0.39, 0.29) is 118 Å². The highest BCUT2D eigenvalue weighted by Crippen LogP contribution is 2.44. The molecule has 0 radical (unpaired) electrons. The fourth-order valence-electron chi connectivity index (χ4n) is 20.3. The van der Waals surface area contributed by atoms with Crippen LogP contribution < -0.4 is 34.4 Å². The number of imide groups is 3. The van der Waals surface area contributed by atoms with E-state index in [9.17, 15) is 71.9 Å². The molecule has 33 heteroatoms. The number of carbonyl (C=O) groups is 15. The first kappa shape index (κ1) is 102. The maximum Gasteiger partial charge on any atom is 0.264 e. The Labute approximate surface area is 806 Å². The summed E-state index contributed by atoms with van der Waals surface area (Å²) in [7, 11) is 1.71. The molecular formula is C105H130N18O15. The number of nitrogens with zero attached hydrogens (tertiary/aromatic N) is 12. The second-order valence-electron chi connectivity index (χ2n) is 41.5. The SMILES string of the molecule is C.C=C1CCC(N2C(=O)c3ccc(N)cc3C2=O)C(=O)N1C(C)(C)C.C=C1CCC(N2Cc3c(N)cccc3C2=O)C(=O)N1C(C)(C)C.C=C1CCC(N2Cc3cc(N)ccc3C2=O)C(=O)N1C(C)(C)C.C=C1CCC(N2Cc3ccc(N)cc3C2=O)C(=O)N1C.C=C1CCC(N2Cc3cccc(N)c3C2=O)C(=O)N1C(C)(C)C.CC(C)(C)N1C(=O)CCC(N2C(=O)c3cccc(N)c3C2=O)C1=O. The van der Waals surface area contributed by atoms with Gasteiger partial charge in [0.2, 0.25) is 29.5 Å². The summed E-state index contributed by atoms with van der Waals surface area (Å²) in [4.78, 5) is 209. The summed E-state index contributed by atoms with van der Waals surface area (Å²) in [6.07, 6.45) is 6.56. The number of nitrogens with two attached hydrogens (primary N) is 6. The molecule has 0 bridgehead atoms. The van der Waals surface area contributed by atoms with E-state index in [0.717, 1.165) is 72.6 Å². The van der Waals surface area contributed by atoms with E-state index >= 15 is 0 Å². The molecule has 730 valence electrons. The van der Waals surface area contributed by atoms with Gasteiger partial charge in [-0.05, 0) is 270 Å². The average Bonchev–Trinajstić information content (AvgIpc) is 1.61. The number of rotatable bonds is 6. The molecule has 6 unspecified atom stereocenters. The monoisotopic (exact) mass is 1880 g/mol. The normalized spacial score (nSPS) is 21.7. The Morgan fingerprint density at radius 2 is 0.609 bits per heavy atom. The summed E-state index contributed by atoms with van der Waals surface area (Å²) in [5, 5.41) is 0. The Balaban J connectivity index is 0.000000148. The molecule has 0 saturated carbocycles. The predicted octanol–water partition coefficient (Wildman–Crippen LogP) is 12.9. The van der Waals surface area contributed by atoms with Crippen LogP contribution in [0, 0.1) is 0 Å². The van der Waals surface area contributed by atoms with E-state index in [1.807, 2.05) is 107 Å². The van der Waals surface area contributed by atoms with Gasteiger partial charge >= 0.3 is 0 Å². The van der Waals surface area contributed by atoms with Crippen LogP contribution in [-0.2, 0) is 59.7 Å². The first-order valence-electron chi connectivity index (χ1n) is 46.1. The van der Waals surface area contributed by atoms with Crippen molar-refractivity contribution in [1.29, 1.82) is 0 Å². The number of hydrogen-bond donors (Lipinski definition) is 6. The lowest BCUT2D eigenvalue weighted by molar-refractivity contribution is -0.157. The number of fused-ring (bicyclic) bond motifs is 6.